The zero-order valence-electron chi connectivity index (χ0n) is 8.75. The Balaban J connectivity index is 3.06. The first-order chi connectivity index (χ1) is 8.23. The summed E-state index contributed by atoms with van der Waals surface area (Å²) in [7, 11) is -4.51. The van der Waals surface area contributed by atoms with Crippen molar-refractivity contribution in [3.05, 3.63) is 17.2 Å². The number of carbonyl (C=O) groups is 1. The molecular formula is C8H6AgN3O5S. The third-order valence-corrected chi connectivity index (χ3v) is 3.64. The second-order valence-corrected chi connectivity index (χ2v) is 5.48. The number of rotatable bonds is 2. The Morgan fingerprint density at radius 3 is 2.61 bits per heavy atom. The molecule has 2 rings (SSSR count). The minimum absolute atomic E-state index is 0.119. The molecule has 0 bridgehead atoms. The molecule has 0 amide bonds. The monoisotopic (exact) mass is 363 g/mol. The standard InChI is InChI=1S/C8H7N3O5S.Ag/c1-3-2-4(17(14,15)16)6-7(10-11-9-6)5(3)8(12)13;/h2H,1H3,(H3,9,10,11,12,13,14,15,16);/q;+1/p-1. The number of fused-ring (bicyclic) bond motifs is 1. The average Bonchev–Trinajstić information content (AvgIpc) is 2.57. The van der Waals surface area contributed by atoms with Crippen LogP contribution in [0.2, 0.25) is 0 Å². The summed E-state index contributed by atoms with van der Waals surface area (Å²) in [5.41, 5.74) is -0.247. The molecule has 2 aromatic rings. The second kappa shape index (κ2) is 4.14. The van der Waals surface area contributed by atoms with Crippen molar-refractivity contribution in [2.45, 2.75) is 11.8 Å². The van der Waals surface area contributed by atoms with Crippen molar-refractivity contribution < 1.29 is 44.2 Å². The molecule has 1 aromatic carbocycles. The molecule has 1 heterocycles. The van der Waals surface area contributed by atoms with E-state index in [2.05, 4.69) is 31.6 Å². The Hall–Kier alpha value is -1.26. The van der Waals surface area contributed by atoms with Crippen LogP contribution < -0.4 is 0 Å². The fraction of sp³-hybridized carbons (Fsp3) is 0.125. The molecule has 8 nitrogen and oxygen atoms in total. The number of aryl methyl sites for hydroxylation is 1. The molecule has 0 aliphatic rings. The summed E-state index contributed by atoms with van der Waals surface area (Å²) in [5, 5.41) is 16.1. The van der Waals surface area contributed by atoms with Gasteiger partial charge in [0.2, 0.25) is 0 Å². The number of hydrogen-bond acceptors (Lipinski definition) is 5. The molecule has 2 N–H and O–H groups in total. The van der Waals surface area contributed by atoms with Gasteiger partial charge in [-0.1, -0.05) is 0 Å². The van der Waals surface area contributed by atoms with Gasteiger partial charge in [-0.25, -0.2) is 0 Å². The van der Waals surface area contributed by atoms with E-state index in [1.54, 1.807) is 0 Å². The van der Waals surface area contributed by atoms with E-state index in [1.165, 1.54) is 6.92 Å². The quantitative estimate of drug-likeness (QED) is 0.568. The van der Waals surface area contributed by atoms with Crippen LogP contribution >= 0.6 is 0 Å². The van der Waals surface area contributed by atoms with E-state index in [-0.39, 0.29) is 22.2 Å². The van der Waals surface area contributed by atoms with Gasteiger partial charge in [0.15, 0.2) is 0 Å². The van der Waals surface area contributed by atoms with Crippen LogP contribution in [0.3, 0.4) is 0 Å². The molecule has 0 saturated heterocycles. The second-order valence-electron chi connectivity index (χ2n) is 3.46. The fourth-order valence-corrected chi connectivity index (χ4v) is 2.87. The summed E-state index contributed by atoms with van der Waals surface area (Å²) in [4.78, 5) is 10.6. The number of carboxylic acids is 1. The Morgan fingerprint density at radius 1 is 1.50 bits per heavy atom. The van der Waals surface area contributed by atoms with E-state index >= 15 is 0 Å². The predicted octanol–water partition coefficient (Wildman–Crippen LogP) is -0.00548. The molecule has 0 aliphatic carbocycles. The first kappa shape index (κ1) is 13.2. The van der Waals surface area contributed by atoms with Crippen molar-refractivity contribution in [3.63, 3.8) is 0 Å². The van der Waals surface area contributed by atoms with E-state index in [0.29, 0.717) is 0 Å². The summed E-state index contributed by atoms with van der Waals surface area (Å²) in [6.07, 6.45) is 0. The Kier molecular flexibility index (Phi) is 3.03. The molecule has 10 heteroatoms. The van der Waals surface area contributed by atoms with Crippen molar-refractivity contribution in [1.29, 1.82) is 0 Å². The third kappa shape index (κ3) is 1.95. The molecule has 0 spiro atoms. The molecule has 0 saturated carbocycles. The maximum absolute atomic E-state index is 11.2. The zero-order valence-corrected chi connectivity index (χ0v) is 11.0. The topological polar surface area (TPSA) is 122 Å². The number of carboxylic acid groups (broad SMARTS) is 1. The Labute approximate surface area is 114 Å². The van der Waals surface area contributed by atoms with Gasteiger partial charge in [-0.15, -0.1) is 0 Å². The number of hydrogen-bond donors (Lipinski definition) is 2. The molecule has 18 heavy (non-hydrogen) atoms. The summed E-state index contributed by atoms with van der Waals surface area (Å²) in [6, 6.07) is 1.06. The van der Waals surface area contributed by atoms with Gasteiger partial charge >= 0.3 is 114 Å². The summed E-state index contributed by atoms with van der Waals surface area (Å²) in [5.74, 6) is -1.26. The first-order valence-electron chi connectivity index (χ1n) is 4.46. The number of aromatic nitrogens is 3. The fourth-order valence-electron chi connectivity index (χ4n) is 1.61. The number of aromatic carboxylic acids is 1. The van der Waals surface area contributed by atoms with Gasteiger partial charge < -0.3 is 0 Å². The molecular weight excluding hydrogens is 358 g/mol. The molecule has 0 aliphatic heterocycles. The van der Waals surface area contributed by atoms with Crippen LogP contribution in [0, 0.1) is 6.92 Å². The molecule has 0 unspecified atom stereocenters. The van der Waals surface area contributed by atoms with Crippen LogP contribution in [0.5, 0.6) is 0 Å². The van der Waals surface area contributed by atoms with Crippen LogP contribution in [-0.4, -0.2) is 37.4 Å². The van der Waals surface area contributed by atoms with E-state index in [1.807, 2.05) is 0 Å². The molecule has 100 valence electrons. The van der Waals surface area contributed by atoms with Gasteiger partial charge in [0.25, 0.3) is 0 Å². The van der Waals surface area contributed by atoms with Gasteiger partial charge in [-0.3, -0.25) is 0 Å². The van der Waals surface area contributed by atoms with Crippen LogP contribution in [0.25, 0.3) is 11.0 Å². The molecule has 0 atom stereocenters. The van der Waals surface area contributed by atoms with Crippen molar-refractivity contribution in [1.82, 2.24) is 13.4 Å². The van der Waals surface area contributed by atoms with Gasteiger partial charge in [0, 0.05) is 0 Å². The van der Waals surface area contributed by atoms with Crippen LogP contribution in [-0.2, 0) is 31.4 Å². The Bertz CT molecular complexity index is 767. The summed E-state index contributed by atoms with van der Waals surface area (Å²) < 4.78 is 32.5. The van der Waals surface area contributed by atoms with Crippen molar-refractivity contribution in [2.75, 3.05) is 0 Å². The molecule has 0 radical (unpaired) electrons. The van der Waals surface area contributed by atoms with E-state index in [0.717, 1.165) is 9.15 Å². The predicted molar refractivity (Wildman–Crippen MR) is 54.4 cm³/mol. The van der Waals surface area contributed by atoms with E-state index in [4.69, 9.17) is 9.66 Å². The number of nitrogens with zero attached hydrogens (tertiary/aromatic N) is 3. The SMILES string of the molecule is Cc1cc(S(=O)(=O)O)c2c(nn[n]2[Ag])c1C(=O)O. The van der Waals surface area contributed by atoms with Crippen molar-refractivity contribution >= 4 is 27.1 Å². The van der Waals surface area contributed by atoms with Gasteiger partial charge in [0.1, 0.15) is 0 Å². The van der Waals surface area contributed by atoms with E-state index < -0.39 is 21.0 Å². The zero-order chi connectivity index (χ0) is 13.7. The first-order valence-corrected chi connectivity index (χ1v) is 6.56. The van der Waals surface area contributed by atoms with Crippen LogP contribution in [0.4, 0.5) is 0 Å². The van der Waals surface area contributed by atoms with Gasteiger partial charge in [-0.2, -0.15) is 0 Å². The van der Waals surface area contributed by atoms with Crippen LogP contribution in [0.15, 0.2) is 11.0 Å². The van der Waals surface area contributed by atoms with E-state index in [9.17, 15) is 13.2 Å². The third-order valence-electron chi connectivity index (χ3n) is 2.31. The van der Waals surface area contributed by atoms with Gasteiger partial charge in [-0.05, 0) is 0 Å². The summed E-state index contributed by atoms with van der Waals surface area (Å²) in [6.45, 7) is 1.41. The maximum atomic E-state index is 11.2. The number of benzene rings is 1. The van der Waals surface area contributed by atoms with Crippen molar-refractivity contribution in [3.8, 4) is 0 Å². The molecule has 0 fully saturated rings. The Morgan fingerprint density at radius 2 is 2.11 bits per heavy atom. The summed E-state index contributed by atoms with van der Waals surface area (Å²) >= 11 is 2.91. The van der Waals surface area contributed by atoms with Crippen LogP contribution in [0.1, 0.15) is 15.9 Å². The molecule has 1 aromatic heterocycles. The van der Waals surface area contributed by atoms with Gasteiger partial charge in [0.05, 0.1) is 0 Å². The van der Waals surface area contributed by atoms with Crippen molar-refractivity contribution in [2.24, 2.45) is 0 Å². The average molecular weight is 364 g/mol. The normalized spacial score (nSPS) is 12.0. The minimum atomic E-state index is -4.51.